The topological polar surface area (TPSA) is 38.7 Å². The third-order valence-corrected chi connectivity index (χ3v) is 2.04. The maximum absolute atomic E-state index is 4.01. The summed E-state index contributed by atoms with van der Waals surface area (Å²) >= 11 is 0. The minimum Gasteiger partial charge on any atom is -0.264 e. The molecule has 3 heteroatoms. The van der Waals surface area contributed by atoms with Gasteiger partial charge in [-0.15, -0.1) is 0 Å². The van der Waals surface area contributed by atoms with Crippen LogP contribution in [0, 0.1) is 6.92 Å². The van der Waals surface area contributed by atoms with Crippen molar-refractivity contribution in [3.05, 3.63) is 54.4 Å². The molecular weight excluding hydrogens is 246 g/mol. The molecule has 2 aromatic heterocycles. The molecule has 3 nitrogen and oxygen atoms in total. The quantitative estimate of drug-likeness (QED) is 0.731. The predicted octanol–water partition coefficient (Wildman–Crippen LogP) is 5.04. The SMILES string of the molecule is CC.CC.CC(C)c1cccnc1.Cc1cncnc1. The van der Waals surface area contributed by atoms with Gasteiger partial charge in [-0.05, 0) is 30.0 Å². The first-order valence-electron chi connectivity index (χ1n) is 7.31. The molecule has 0 bridgehead atoms. The second-order valence-corrected chi connectivity index (χ2v) is 3.86. The summed E-state index contributed by atoms with van der Waals surface area (Å²) in [7, 11) is 0. The molecule has 0 amide bonds. The van der Waals surface area contributed by atoms with Gasteiger partial charge in [-0.2, -0.15) is 0 Å². The predicted molar refractivity (Wildman–Crippen MR) is 87.8 cm³/mol. The molecule has 112 valence electrons. The Kier molecular flexibility index (Phi) is 15.7. The lowest BCUT2D eigenvalue weighted by molar-refractivity contribution is 0.858. The third-order valence-electron chi connectivity index (χ3n) is 2.04. The fraction of sp³-hybridized carbons (Fsp3) is 0.471. The molecule has 0 aliphatic rings. The lowest BCUT2D eigenvalue weighted by Crippen LogP contribution is -1.85. The Balaban J connectivity index is 0. The van der Waals surface area contributed by atoms with Crippen molar-refractivity contribution in [2.45, 2.75) is 54.4 Å². The Morgan fingerprint density at radius 3 is 1.65 bits per heavy atom. The molecule has 0 saturated carbocycles. The van der Waals surface area contributed by atoms with Crippen molar-refractivity contribution >= 4 is 0 Å². The zero-order valence-electron chi connectivity index (χ0n) is 14.0. The number of aromatic nitrogens is 3. The molecule has 0 saturated heterocycles. The summed E-state index contributed by atoms with van der Waals surface area (Å²) in [6, 6.07) is 4.06. The highest BCUT2D eigenvalue weighted by Crippen LogP contribution is 2.10. The molecule has 0 fully saturated rings. The molecular formula is C17H29N3. The van der Waals surface area contributed by atoms with Gasteiger partial charge in [0.1, 0.15) is 6.33 Å². The minimum absolute atomic E-state index is 0.596. The standard InChI is InChI=1S/C8H11N.C5H6N2.2C2H6/c1-7(2)8-4-3-5-9-6-8;1-5-2-6-4-7-3-5;2*1-2/h3-7H,1-2H3;2-4H,1H3;2*1-2H3. The van der Waals surface area contributed by atoms with Crippen molar-refractivity contribution < 1.29 is 0 Å². The van der Waals surface area contributed by atoms with Crippen molar-refractivity contribution in [3.8, 4) is 0 Å². The van der Waals surface area contributed by atoms with Crippen LogP contribution in [0.5, 0.6) is 0 Å². The van der Waals surface area contributed by atoms with Gasteiger partial charge < -0.3 is 0 Å². The van der Waals surface area contributed by atoms with Gasteiger partial charge in [0.15, 0.2) is 0 Å². The Labute approximate surface area is 124 Å². The van der Waals surface area contributed by atoms with E-state index in [0.717, 1.165) is 5.56 Å². The molecule has 0 unspecified atom stereocenters. The van der Waals surface area contributed by atoms with E-state index in [9.17, 15) is 0 Å². The average molecular weight is 275 g/mol. The first-order valence-corrected chi connectivity index (χ1v) is 7.31. The normalized spacial score (nSPS) is 8.20. The summed E-state index contributed by atoms with van der Waals surface area (Å²) in [6.07, 6.45) is 8.77. The molecule has 20 heavy (non-hydrogen) atoms. The van der Waals surface area contributed by atoms with Crippen molar-refractivity contribution in [1.82, 2.24) is 15.0 Å². The molecule has 2 rings (SSSR count). The second-order valence-electron chi connectivity index (χ2n) is 3.86. The van der Waals surface area contributed by atoms with Gasteiger partial charge in [0, 0.05) is 24.8 Å². The largest absolute Gasteiger partial charge is 0.264 e. The summed E-state index contributed by atoms with van der Waals surface area (Å²) < 4.78 is 0. The number of nitrogens with zero attached hydrogens (tertiary/aromatic N) is 3. The maximum atomic E-state index is 4.01. The van der Waals surface area contributed by atoms with Crippen LogP contribution in [0.2, 0.25) is 0 Å². The second kappa shape index (κ2) is 15.3. The van der Waals surface area contributed by atoms with Gasteiger partial charge in [0.25, 0.3) is 0 Å². The number of aryl methyl sites for hydroxylation is 1. The Bertz CT molecular complexity index is 385. The zero-order chi connectivity index (χ0) is 15.8. The summed E-state index contributed by atoms with van der Waals surface area (Å²) in [6.45, 7) is 14.3. The highest BCUT2D eigenvalue weighted by Gasteiger charge is 1.94. The maximum Gasteiger partial charge on any atom is 0.115 e. The van der Waals surface area contributed by atoms with Crippen LogP contribution < -0.4 is 0 Å². The van der Waals surface area contributed by atoms with E-state index < -0.39 is 0 Å². The van der Waals surface area contributed by atoms with Crippen LogP contribution in [0.15, 0.2) is 43.2 Å². The molecule has 2 aromatic rings. The summed E-state index contributed by atoms with van der Waals surface area (Å²) in [4.78, 5) is 11.6. The van der Waals surface area contributed by atoms with Crippen LogP contribution in [0.3, 0.4) is 0 Å². The number of hydrogen-bond acceptors (Lipinski definition) is 3. The van der Waals surface area contributed by atoms with E-state index in [2.05, 4.69) is 34.9 Å². The highest BCUT2D eigenvalue weighted by molar-refractivity contribution is 5.12. The monoisotopic (exact) mass is 275 g/mol. The van der Waals surface area contributed by atoms with E-state index in [-0.39, 0.29) is 0 Å². The van der Waals surface area contributed by atoms with E-state index >= 15 is 0 Å². The van der Waals surface area contributed by atoms with Gasteiger partial charge >= 0.3 is 0 Å². The van der Waals surface area contributed by atoms with Gasteiger partial charge in [-0.25, -0.2) is 9.97 Å². The van der Waals surface area contributed by atoms with Crippen molar-refractivity contribution in [3.63, 3.8) is 0 Å². The van der Waals surface area contributed by atoms with Gasteiger partial charge in [0.2, 0.25) is 0 Å². The van der Waals surface area contributed by atoms with E-state index in [1.807, 2.05) is 46.9 Å². The molecule has 0 aliphatic carbocycles. The Morgan fingerprint density at radius 1 is 0.850 bits per heavy atom. The molecule has 0 spiro atoms. The van der Waals surface area contributed by atoms with Gasteiger partial charge in [-0.3, -0.25) is 4.98 Å². The van der Waals surface area contributed by atoms with E-state index in [1.165, 1.54) is 11.9 Å². The van der Waals surface area contributed by atoms with Crippen molar-refractivity contribution in [2.24, 2.45) is 0 Å². The van der Waals surface area contributed by atoms with Crippen LogP contribution in [0.25, 0.3) is 0 Å². The fourth-order valence-electron chi connectivity index (χ4n) is 1.09. The van der Waals surface area contributed by atoms with Gasteiger partial charge in [0.05, 0.1) is 0 Å². The molecule has 0 atom stereocenters. The molecule has 2 heterocycles. The lowest BCUT2D eigenvalue weighted by Gasteiger charge is -2.00. The van der Waals surface area contributed by atoms with Crippen LogP contribution in [-0.2, 0) is 0 Å². The molecule has 0 aliphatic heterocycles. The smallest absolute Gasteiger partial charge is 0.115 e. The number of hydrogen-bond donors (Lipinski definition) is 0. The lowest BCUT2D eigenvalue weighted by atomic mass is 10.1. The first-order chi connectivity index (χ1) is 9.70. The summed E-state index contributed by atoms with van der Waals surface area (Å²) in [5, 5.41) is 0. The number of pyridine rings is 1. The van der Waals surface area contributed by atoms with Crippen molar-refractivity contribution in [2.75, 3.05) is 0 Å². The molecule has 0 aromatic carbocycles. The van der Waals surface area contributed by atoms with Crippen LogP contribution in [0.1, 0.15) is 58.6 Å². The Hall–Kier alpha value is -1.77. The molecule has 0 N–H and O–H groups in total. The molecule has 0 radical (unpaired) electrons. The van der Waals surface area contributed by atoms with E-state index in [4.69, 9.17) is 0 Å². The summed E-state index contributed by atoms with van der Waals surface area (Å²) in [5.74, 6) is 0.596. The van der Waals surface area contributed by atoms with Crippen LogP contribution in [0.4, 0.5) is 0 Å². The zero-order valence-corrected chi connectivity index (χ0v) is 14.0. The van der Waals surface area contributed by atoms with Crippen LogP contribution >= 0.6 is 0 Å². The third kappa shape index (κ3) is 11.3. The van der Waals surface area contributed by atoms with Crippen molar-refractivity contribution in [1.29, 1.82) is 0 Å². The minimum atomic E-state index is 0.596. The van der Waals surface area contributed by atoms with E-state index in [1.54, 1.807) is 18.6 Å². The number of rotatable bonds is 1. The Morgan fingerprint density at radius 2 is 1.40 bits per heavy atom. The highest BCUT2D eigenvalue weighted by atomic mass is 14.8. The average Bonchev–Trinajstić information content (AvgIpc) is 2.53. The van der Waals surface area contributed by atoms with Gasteiger partial charge in [-0.1, -0.05) is 47.6 Å². The van der Waals surface area contributed by atoms with E-state index in [0.29, 0.717) is 5.92 Å². The summed E-state index contributed by atoms with van der Waals surface area (Å²) in [5.41, 5.74) is 2.40. The fourth-order valence-corrected chi connectivity index (χ4v) is 1.09. The first kappa shape index (κ1) is 20.5. The van der Waals surface area contributed by atoms with Crippen LogP contribution in [-0.4, -0.2) is 15.0 Å².